The lowest BCUT2D eigenvalue weighted by molar-refractivity contribution is 0.0726. The quantitative estimate of drug-likeness (QED) is 0.824. The summed E-state index contributed by atoms with van der Waals surface area (Å²) in [5.74, 6) is 1.83. The molecule has 0 bridgehead atoms. The number of benzene rings is 1. The summed E-state index contributed by atoms with van der Waals surface area (Å²) in [7, 11) is 5.00. The van der Waals surface area contributed by atoms with Gasteiger partial charge in [0.25, 0.3) is 5.91 Å². The molecule has 2 rings (SSSR count). The van der Waals surface area contributed by atoms with Gasteiger partial charge in [0.15, 0.2) is 0 Å². The molecule has 5 heteroatoms. The first-order chi connectivity index (χ1) is 9.49. The van der Waals surface area contributed by atoms with Crippen LogP contribution in [0, 0.1) is 5.92 Å². The number of rotatable bonds is 5. The maximum Gasteiger partial charge on any atom is 0.254 e. The topological polar surface area (TPSA) is 38.8 Å². The summed E-state index contributed by atoms with van der Waals surface area (Å²) in [5.41, 5.74) is 0.580. The third-order valence-electron chi connectivity index (χ3n) is 3.93. The minimum absolute atomic E-state index is 0.00602. The SMILES string of the molecule is COc1cc(C(=O)N(C)C(C)C2CC2)cc(OC)c1Br. The molecule has 1 aromatic rings. The first kappa shape index (κ1) is 15.2. The lowest BCUT2D eigenvalue weighted by Gasteiger charge is -2.25. The average molecular weight is 342 g/mol. The van der Waals surface area contributed by atoms with Gasteiger partial charge in [-0.2, -0.15) is 0 Å². The number of ether oxygens (including phenoxy) is 2. The van der Waals surface area contributed by atoms with Crippen molar-refractivity contribution in [2.45, 2.75) is 25.8 Å². The maximum absolute atomic E-state index is 12.6. The van der Waals surface area contributed by atoms with Gasteiger partial charge in [0.05, 0.1) is 14.2 Å². The molecular weight excluding hydrogens is 322 g/mol. The van der Waals surface area contributed by atoms with E-state index in [2.05, 4.69) is 22.9 Å². The van der Waals surface area contributed by atoms with Crippen molar-refractivity contribution >= 4 is 21.8 Å². The number of hydrogen-bond acceptors (Lipinski definition) is 3. The van der Waals surface area contributed by atoms with Crippen molar-refractivity contribution < 1.29 is 14.3 Å². The van der Waals surface area contributed by atoms with E-state index in [-0.39, 0.29) is 11.9 Å². The minimum atomic E-state index is -0.00602. The number of carbonyl (C=O) groups is 1. The summed E-state index contributed by atoms with van der Waals surface area (Å²) >= 11 is 3.41. The minimum Gasteiger partial charge on any atom is -0.495 e. The first-order valence-electron chi connectivity index (χ1n) is 6.68. The zero-order valence-electron chi connectivity index (χ0n) is 12.3. The Hall–Kier alpha value is -1.23. The highest BCUT2D eigenvalue weighted by molar-refractivity contribution is 9.10. The molecule has 0 aromatic heterocycles. The number of hydrogen-bond donors (Lipinski definition) is 0. The second-order valence-electron chi connectivity index (χ2n) is 5.19. The molecule has 0 heterocycles. The molecule has 1 aliphatic carbocycles. The fourth-order valence-corrected chi connectivity index (χ4v) is 2.83. The Labute approximate surface area is 128 Å². The molecule has 1 saturated carbocycles. The van der Waals surface area contributed by atoms with Crippen LogP contribution in [0.2, 0.25) is 0 Å². The molecule has 0 spiro atoms. The van der Waals surface area contributed by atoms with Crippen LogP contribution in [0.3, 0.4) is 0 Å². The third-order valence-corrected chi connectivity index (χ3v) is 4.71. The smallest absolute Gasteiger partial charge is 0.254 e. The van der Waals surface area contributed by atoms with Crippen LogP contribution in [0.15, 0.2) is 16.6 Å². The van der Waals surface area contributed by atoms with Gasteiger partial charge in [-0.15, -0.1) is 0 Å². The Morgan fingerprint density at radius 1 is 1.30 bits per heavy atom. The molecule has 20 heavy (non-hydrogen) atoms. The fraction of sp³-hybridized carbons (Fsp3) is 0.533. The van der Waals surface area contributed by atoms with E-state index in [1.54, 1.807) is 31.3 Å². The molecular formula is C15H20BrNO3. The van der Waals surface area contributed by atoms with Crippen molar-refractivity contribution in [2.24, 2.45) is 5.92 Å². The van der Waals surface area contributed by atoms with Crippen LogP contribution in [0.5, 0.6) is 11.5 Å². The summed E-state index contributed by atoms with van der Waals surface area (Å²) in [6.45, 7) is 2.10. The molecule has 1 amide bonds. The van der Waals surface area contributed by atoms with Crippen molar-refractivity contribution in [1.82, 2.24) is 4.90 Å². The Morgan fingerprint density at radius 3 is 2.20 bits per heavy atom. The van der Waals surface area contributed by atoms with Crippen molar-refractivity contribution in [1.29, 1.82) is 0 Å². The Morgan fingerprint density at radius 2 is 1.80 bits per heavy atom. The van der Waals surface area contributed by atoms with E-state index < -0.39 is 0 Å². The first-order valence-corrected chi connectivity index (χ1v) is 7.47. The normalized spacial score (nSPS) is 15.7. The summed E-state index contributed by atoms with van der Waals surface area (Å²) in [4.78, 5) is 14.4. The van der Waals surface area contributed by atoms with Gasteiger partial charge in [-0.1, -0.05) is 0 Å². The van der Waals surface area contributed by atoms with Crippen molar-refractivity contribution in [3.63, 3.8) is 0 Å². The fourth-order valence-electron chi connectivity index (χ4n) is 2.28. The Kier molecular flexibility index (Phi) is 4.58. The van der Waals surface area contributed by atoms with Crippen molar-refractivity contribution in [3.8, 4) is 11.5 Å². The van der Waals surface area contributed by atoms with E-state index in [1.807, 2.05) is 7.05 Å². The van der Waals surface area contributed by atoms with Crippen LogP contribution < -0.4 is 9.47 Å². The van der Waals surface area contributed by atoms with Crippen LogP contribution in [-0.4, -0.2) is 38.1 Å². The van der Waals surface area contributed by atoms with Gasteiger partial charge in [-0.3, -0.25) is 4.79 Å². The zero-order chi connectivity index (χ0) is 14.9. The molecule has 0 N–H and O–H groups in total. The highest BCUT2D eigenvalue weighted by Gasteiger charge is 2.33. The van der Waals surface area contributed by atoms with Crippen molar-refractivity contribution in [2.75, 3.05) is 21.3 Å². The molecule has 0 aliphatic heterocycles. The van der Waals surface area contributed by atoms with E-state index in [1.165, 1.54) is 12.8 Å². The van der Waals surface area contributed by atoms with E-state index in [4.69, 9.17) is 9.47 Å². The van der Waals surface area contributed by atoms with E-state index >= 15 is 0 Å². The van der Waals surface area contributed by atoms with Gasteiger partial charge in [0.2, 0.25) is 0 Å². The lowest BCUT2D eigenvalue weighted by Crippen LogP contribution is -2.36. The number of halogens is 1. The van der Waals surface area contributed by atoms with E-state index in [9.17, 15) is 4.79 Å². The lowest BCUT2D eigenvalue weighted by atomic mass is 10.1. The number of nitrogens with zero attached hydrogens (tertiary/aromatic N) is 1. The maximum atomic E-state index is 12.6. The van der Waals surface area contributed by atoms with Gasteiger partial charge < -0.3 is 14.4 Å². The van der Waals surface area contributed by atoms with Crippen LogP contribution >= 0.6 is 15.9 Å². The van der Waals surface area contributed by atoms with Gasteiger partial charge in [0.1, 0.15) is 16.0 Å². The van der Waals surface area contributed by atoms with E-state index in [0.717, 1.165) is 4.47 Å². The standard InChI is InChI=1S/C15H20BrNO3/c1-9(10-5-6-10)17(2)15(18)11-7-12(19-3)14(16)13(8-11)20-4/h7-10H,5-6H2,1-4H3. The molecule has 1 aliphatic rings. The van der Waals surface area contributed by atoms with E-state index in [0.29, 0.717) is 23.0 Å². The second-order valence-corrected chi connectivity index (χ2v) is 5.98. The Balaban J connectivity index is 2.28. The highest BCUT2D eigenvalue weighted by Crippen LogP contribution is 2.37. The highest BCUT2D eigenvalue weighted by atomic mass is 79.9. The predicted molar refractivity (Wildman–Crippen MR) is 81.5 cm³/mol. The summed E-state index contributed by atoms with van der Waals surface area (Å²) in [6.07, 6.45) is 2.43. The molecule has 1 unspecified atom stereocenters. The molecule has 4 nitrogen and oxygen atoms in total. The molecule has 0 radical (unpaired) electrons. The summed E-state index contributed by atoms with van der Waals surface area (Å²) in [6, 6.07) is 3.75. The van der Waals surface area contributed by atoms with Gasteiger partial charge in [0, 0.05) is 18.7 Å². The largest absolute Gasteiger partial charge is 0.495 e. The molecule has 1 aromatic carbocycles. The molecule has 0 saturated heterocycles. The Bertz CT molecular complexity index is 489. The van der Waals surface area contributed by atoms with Crippen LogP contribution in [0.25, 0.3) is 0 Å². The second kappa shape index (κ2) is 6.04. The van der Waals surface area contributed by atoms with Gasteiger partial charge in [-0.05, 0) is 53.7 Å². The third kappa shape index (κ3) is 2.92. The van der Waals surface area contributed by atoms with Crippen LogP contribution in [-0.2, 0) is 0 Å². The summed E-state index contributed by atoms with van der Waals surface area (Å²) in [5, 5.41) is 0. The van der Waals surface area contributed by atoms with Gasteiger partial charge in [-0.25, -0.2) is 0 Å². The predicted octanol–water partition coefficient (Wildman–Crippen LogP) is 3.34. The zero-order valence-corrected chi connectivity index (χ0v) is 13.9. The number of carbonyl (C=O) groups excluding carboxylic acids is 1. The average Bonchev–Trinajstić information content (AvgIpc) is 3.29. The van der Waals surface area contributed by atoms with Crippen molar-refractivity contribution in [3.05, 3.63) is 22.2 Å². The van der Waals surface area contributed by atoms with Gasteiger partial charge >= 0.3 is 0 Å². The van der Waals surface area contributed by atoms with Crippen LogP contribution in [0.4, 0.5) is 0 Å². The molecule has 110 valence electrons. The molecule has 1 fully saturated rings. The molecule has 1 atom stereocenters. The van der Waals surface area contributed by atoms with Crippen LogP contribution in [0.1, 0.15) is 30.1 Å². The monoisotopic (exact) mass is 341 g/mol. The number of methoxy groups -OCH3 is 2. The summed E-state index contributed by atoms with van der Waals surface area (Å²) < 4.78 is 11.3. The number of amides is 1.